The van der Waals surface area contributed by atoms with Gasteiger partial charge in [-0.1, -0.05) is 51.1 Å². The Morgan fingerprint density at radius 3 is 2.31 bits per heavy atom. The Kier molecular flexibility index (Phi) is 9.04. The number of benzene rings is 1. The Morgan fingerprint density at radius 1 is 1.16 bits per heavy atom. The molecule has 0 spiro atoms. The van der Waals surface area contributed by atoms with Crippen molar-refractivity contribution in [2.24, 2.45) is 23.2 Å². The second-order valence-electron chi connectivity index (χ2n) is 9.80. The lowest BCUT2D eigenvalue weighted by molar-refractivity contribution is -0.181. The van der Waals surface area contributed by atoms with Crippen LogP contribution in [0.4, 0.5) is 0 Å². The van der Waals surface area contributed by atoms with Gasteiger partial charge in [-0.15, -0.1) is 0 Å². The van der Waals surface area contributed by atoms with Crippen molar-refractivity contribution in [2.45, 2.75) is 53.4 Å². The number of ether oxygens (including phenoxy) is 2. The van der Waals surface area contributed by atoms with Crippen LogP contribution in [0.25, 0.3) is 0 Å². The summed E-state index contributed by atoms with van der Waals surface area (Å²) in [6.07, 6.45) is 0. The molecular weight excluding hydrogens is 426 g/mol. The summed E-state index contributed by atoms with van der Waals surface area (Å²) in [5.74, 6) is -2.15. The normalized spacial score (nSPS) is 20.5. The molecular formula is C24H37NO6Si. The van der Waals surface area contributed by atoms with Gasteiger partial charge in [0, 0.05) is 6.61 Å². The average molecular weight is 464 g/mol. The first-order chi connectivity index (χ1) is 15.0. The van der Waals surface area contributed by atoms with Crippen LogP contribution in [0, 0.1) is 23.2 Å². The maximum absolute atomic E-state index is 13.2. The van der Waals surface area contributed by atoms with Gasteiger partial charge in [0.2, 0.25) is 5.91 Å². The lowest BCUT2D eigenvalue weighted by Gasteiger charge is -2.54. The molecule has 4 atom stereocenters. The van der Waals surface area contributed by atoms with E-state index in [1.807, 2.05) is 30.3 Å². The third-order valence-electron chi connectivity index (χ3n) is 6.09. The van der Waals surface area contributed by atoms with E-state index >= 15 is 0 Å². The van der Waals surface area contributed by atoms with Crippen molar-refractivity contribution in [3.05, 3.63) is 35.9 Å². The van der Waals surface area contributed by atoms with Gasteiger partial charge in [-0.25, -0.2) is 0 Å². The SMILES string of the molecule is COC(=O)CN1C(=O)[C@@H]([C@@H](CO[SiH](C)C)C(C)(C)C)[C@H]1[C@H](C)C(=O)OCc1ccccc1. The maximum Gasteiger partial charge on any atom is 0.325 e. The van der Waals surface area contributed by atoms with E-state index in [9.17, 15) is 14.4 Å². The molecule has 2 rings (SSSR count). The maximum atomic E-state index is 13.2. The molecule has 1 saturated heterocycles. The summed E-state index contributed by atoms with van der Waals surface area (Å²) < 4.78 is 16.4. The molecule has 0 N–H and O–H groups in total. The summed E-state index contributed by atoms with van der Waals surface area (Å²) in [6, 6.07) is 9.00. The fourth-order valence-electron chi connectivity index (χ4n) is 4.16. The number of nitrogens with zero attached hydrogens (tertiary/aromatic N) is 1. The van der Waals surface area contributed by atoms with E-state index in [-0.39, 0.29) is 30.4 Å². The van der Waals surface area contributed by atoms with Gasteiger partial charge >= 0.3 is 11.9 Å². The van der Waals surface area contributed by atoms with Crippen molar-refractivity contribution in [3.8, 4) is 0 Å². The summed E-state index contributed by atoms with van der Waals surface area (Å²) in [4.78, 5) is 39.5. The Morgan fingerprint density at radius 2 is 1.78 bits per heavy atom. The van der Waals surface area contributed by atoms with E-state index in [4.69, 9.17) is 13.9 Å². The number of likely N-dealkylation sites (tertiary alicyclic amines) is 1. The number of rotatable bonds is 10. The number of carbonyl (C=O) groups excluding carboxylic acids is 3. The molecule has 1 heterocycles. The zero-order valence-corrected chi connectivity index (χ0v) is 21.4. The van der Waals surface area contributed by atoms with Crippen LogP contribution in [0.15, 0.2) is 30.3 Å². The van der Waals surface area contributed by atoms with Gasteiger partial charge in [-0.05, 0) is 36.9 Å². The van der Waals surface area contributed by atoms with Crippen molar-refractivity contribution in [1.82, 2.24) is 4.90 Å². The number of methoxy groups -OCH3 is 1. The second kappa shape index (κ2) is 11.1. The molecule has 1 aromatic carbocycles. The average Bonchev–Trinajstić information content (AvgIpc) is 2.74. The van der Waals surface area contributed by atoms with Crippen molar-refractivity contribution in [3.63, 3.8) is 0 Å². The van der Waals surface area contributed by atoms with Crippen LogP contribution in [-0.2, 0) is 34.9 Å². The van der Waals surface area contributed by atoms with Crippen molar-refractivity contribution < 1.29 is 28.3 Å². The number of hydrogen-bond acceptors (Lipinski definition) is 6. The van der Waals surface area contributed by atoms with Gasteiger partial charge in [0.1, 0.15) is 13.2 Å². The molecule has 1 aromatic rings. The minimum absolute atomic E-state index is 0.0897. The quantitative estimate of drug-likeness (QED) is 0.301. The Balaban J connectivity index is 2.24. The predicted molar refractivity (Wildman–Crippen MR) is 124 cm³/mol. The van der Waals surface area contributed by atoms with Gasteiger partial charge in [-0.3, -0.25) is 14.4 Å². The van der Waals surface area contributed by atoms with Gasteiger partial charge in [0.25, 0.3) is 0 Å². The molecule has 0 aliphatic carbocycles. The summed E-state index contributed by atoms with van der Waals surface area (Å²) in [7, 11) is -0.00527. The molecule has 0 unspecified atom stereocenters. The van der Waals surface area contributed by atoms with E-state index in [0.29, 0.717) is 6.61 Å². The second-order valence-corrected chi connectivity index (χ2v) is 12.2. The molecule has 0 aromatic heterocycles. The first kappa shape index (κ1) is 26.1. The van der Waals surface area contributed by atoms with E-state index < -0.39 is 38.9 Å². The van der Waals surface area contributed by atoms with Crippen LogP contribution in [0.3, 0.4) is 0 Å². The molecule has 8 heteroatoms. The molecule has 0 saturated carbocycles. The standard InChI is InChI=1S/C24H37NO6Si/c1-16(23(28)30-14-17-11-9-8-10-12-17)21-20(22(27)25(21)13-19(26)29-5)18(24(2,3)4)15-31-32(6)7/h8-12,16,18,20-21,32H,13-15H2,1-7H3/t16-,18+,20-,21+/m0/s1. The molecule has 0 radical (unpaired) electrons. The van der Waals surface area contributed by atoms with Gasteiger partial charge in [0.15, 0.2) is 9.04 Å². The van der Waals surface area contributed by atoms with Crippen LogP contribution in [-0.4, -0.2) is 58.1 Å². The highest BCUT2D eigenvalue weighted by molar-refractivity contribution is 6.48. The first-order valence-corrected chi connectivity index (χ1v) is 13.9. The highest BCUT2D eigenvalue weighted by atomic mass is 28.3. The van der Waals surface area contributed by atoms with Gasteiger partial charge in [0.05, 0.1) is 25.0 Å². The first-order valence-electron chi connectivity index (χ1n) is 11.2. The summed E-state index contributed by atoms with van der Waals surface area (Å²) in [5.41, 5.74) is 0.677. The molecule has 1 fully saturated rings. The van der Waals surface area contributed by atoms with Crippen LogP contribution >= 0.6 is 0 Å². The lowest BCUT2D eigenvalue weighted by Crippen LogP contribution is -2.69. The van der Waals surface area contributed by atoms with Crippen LogP contribution in [0.2, 0.25) is 13.1 Å². The minimum atomic E-state index is -1.29. The van der Waals surface area contributed by atoms with E-state index in [2.05, 4.69) is 33.9 Å². The summed E-state index contributed by atoms with van der Waals surface area (Å²) in [6.45, 7) is 12.6. The van der Waals surface area contributed by atoms with E-state index in [0.717, 1.165) is 5.56 Å². The van der Waals surface area contributed by atoms with E-state index in [1.54, 1.807) is 6.92 Å². The largest absolute Gasteiger partial charge is 0.468 e. The fourth-order valence-corrected chi connectivity index (χ4v) is 4.75. The van der Waals surface area contributed by atoms with Crippen LogP contribution in [0.5, 0.6) is 0 Å². The Bertz CT molecular complexity index is 791. The minimum Gasteiger partial charge on any atom is -0.468 e. The zero-order chi connectivity index (χ0) is 24.1. The van der Waals surface area contributed by atoms with Gasteiger partial charge in [-0.2, -0.15) is 0 Å². The molecule has 178 valence electrons. The third kappa shape index (κ3) is 6.42. The topological polar surface area (TPSA) is 82.1 Å². The number of carbonyl (C=O) groups is 3. The fraction of sp³-hybridized carbons (Fsp3) is 0.625. The summed E-state index contributed by atoms with van der Waals surface area (Å²) in [5, 5.41) is 0. The summed E-state index contributed by atoms with van der Waals surface area (Å²) >= 11 is 0. The van der Waals surface area contributed by atoms with Crippen molar-refractivity contribution in [1.29, 1.82) is 0 Å². The number of esters is 2. The highest BCUT2D eigenvalue weighted by Crippen LogP contribution is 2.44. The van der Waals surface area contributed by atoms with E-state index in [1.165, 1.54) is 12.0 Å². The lowest BCUT2D eigenvalue weighted by atomic mass is 9.64. The number of β-lactam (4-membered cyclic amide) rings is 1. The van der Waals surface area contributed by atoms with Crippen molar-refractivity contribution >= 4 is 26.9 Å². The smallest absolute Gasteiger partial charge is 0.325 e. The van der Waals surface area contributed by atoms with Crippen molar-refractivity contribution in [2.75, 3.05) is 20.3 Å². The van der Waals surface area contributed by atoms with Crippen LogP contribution < -0.4 is 0 Å². The van der Waals surface area contributed by atoms with Crippen LogP contribution in [0.1, 0.15) is 33.3 Å². The zero-order valence-electron chi connectivity index (χ0n) is 20.3. The Hall–Kier alpha value is -2.19. The van der Waals surface area contributed by atoms with Gasteiger partial charge < -0.3 is 18.8 Å². The molecule has 1 amide bonds. The number of hydrogen-bond donors (Lipinski definition) is 0. The molecule has 32 heavy (non-hydrogen) atoms. The molecule has 7 nitrogen and oxygen atoms in total. The highest BCUT2D eigenvalue weighted by Gasteiger charge is 2.57. The number of amides is 1. The molecule has 1 aliphatic heterocycles. The Labute approximate surface area is 193 Å². The molecule has 1 aliphatic rings. The third-order valence-corrected chi connectivity index (χ3v) is 6.95. The monoisotopic (exact) mass is 463 g/mol. The predicted octanol–water partition coefficient (Wildman–Crippen LogP) is 3.03. The molecule has 0 bridgehead atoms.